The Labute approximate surface area is 185 Å². The van der Waals surface area contributed by atoms with E-state index in [9.17, 15) is 13.6 Å². The third-order valence-electron chi connectivity index (χ3n) is 7.22. The Morgan fingerprint density at radius 2 is 1.68 bits per heavy atom. The fourth-order valence-corrected chi connectivity index (χ4v) is 5.39. The standard InChI is InChI=1S/C27H36F2O2/c1-3-5-7-20-9-16-24(17-10-20)31-26(30)23-14-12-22(13-15-23)25-18-11-21(8-6-4-2)19-27(25,28)29/h3-4,9-10,16-17,21-23,25H,1-2,5-8,11-15,18-19H2. The van der Waals surface area contributed by atoms with Crippen molar-refractivity contribution >= 4 is 5.97 Å². The van der Waals surface area contributed by atoms with Crippen LogP contribution < -0.4 is 4.74 Å². The SMILES string of the molecule is C=CCCc1ccc(OC(=O)C2CCC(C3CCC(CCC=C)CC3(F)F)CC2)cc1. The molecular weight excluding hydrogens is 394 g/mol. The van der Waals surface area contributed by atoms with Crippen molar-refractivity contribution in [3.63, 3.8) is 0 Å². The van der Waals surface area contributed by atoms with Crippen molar-refractivity contribution in [1.29, 1.82) is 0 Å². The van der Waals surface area contributed by atoms with Gasteiger partial charge in [0.05, 0.1) is 5.92 Å². The van der Waals surface area contributed by atoms with Gasteiger partial charge in [-0.1, -0.05) is 24.3 Å². The normalized spacial score (nSPS) is 27.9. The molecule has 2 unspecified atom stereocenters. The first kappa shape index (κ1) is 23.7. The van der Waals surface area contributed by atoms with Crippen LogP contribution in [0.2, 0.25) is 0 Å². The summed E-state index contributed by atoms with van der Waals surface area (Å²) < 4.78 is 35.3. The van der Waals surface area contributed by atoms with Gasteiger partial charge in [-0.2, -0.15) is 0 Å². The van der Waals surface area contributed by atoms with Gasteiger partial charge in [-0.15, -0.1) is 13.2 Å². The van der Waals surface area contributed by atoms with E-state index in [-0.39, 0.29) is 30.1 Å². The van der Waals surface area contributed by atoms with E-state index in [0.29, 0.717) is 37.9 Å². The molecule has 4 heteroatoms. The number of rotatable bonds is 9. The lowest BCUT2D eigenvalue weighted by Gasteiger charge is -2.42. The summed E-state index contributed by atoms with van der Waals surface area (Å²) in [5.41, 5.74) is 1.18. The fraction of sp³-hybridized carbons (Fsp3) is 0.593. The highest BCUT2D eigenvalue weighted by atomic mass is 19.3. The topological polar surface area (TPSA) is 26.3 Å². The van der Waals surface area contributed by atoms with Gasteiger partial charge in [-0.3, -0.25) is 4.79 Å². The number of carbonyl (C=O) groups is 1. The molecule has 2 fully saturated rings. The second-order valence-electron chi connectivity index (χ2n) is 9.39. The summed E-state index contributed by atoms with van der Waals surface area (Å²) in [5, 5.41) is 0. The Morgan fingerprint density at radius 3 is 2.29 bits per heavy atom. The highest BCUT2D eigenvalue weighted by Gasteiger charge is 2.48. The summed E-state index contributed by atoms with van der Waals surface area (Å²) >= 11 is 0. The summed E-state index contributed by atoms with van der Waals surface area (Å²) in [6, 6.07) is 7.59. The minimum atomic E-state index is -2.59. The first-order valence-corrected chi connectivity index (χ1v) is 11.8. The van der Waals surface area contributed by atoms with Gasteiger partial charge in [0.2, 0.25) is 0 Å². The quantitative estimate of drug-likeness (QED) is 0.230. The van der Waals surface area contributed by atoms with Crippen LogP contribution >= 0.6 is 0 Å². The average Bonchev–Trinajstić information content (AvgIpc) is 2.77. The molecule has 0 aromatic heterocycles. The number of ether oxygens (including phenoxy) is 1. The predicted octanol–water partition coefficient (Wildman–Crippen LogP) is 7.53. The molecule has 0 heterocycles. The Kier molecular flexibility index (Phi) is 8.45. The summed E-state index contributed by atoms with van der Waals surface area (Å²) in [5.74, 6) is -2.85. The van der Waals surface area contributed by atoms with Gasteiger partial charge in [0.25, 0.3) is 5.92 Å². The van der Waals surface area contributed by atoms with Crippen LogP contribution in [0.15, 0.2) is 49.6 Å². The summed E-state index contributed by atoms with van der Waals surface area (Å²) in [7, 11) is 0. The number of halogens is 2. The van der Waals surface area contributed by atoms with E-state index in [4.69, 9.17) is 4.74 Å². The van der Waals surface area contributed by atoms with Crippen molar-refractivity contribution in [3.05, 3.63) is 55.1 Å². The van der Waals surface area contributed by atoms with E-state index in [0.717, 1.165) is 32.1 Å². The van der Waals surface area contributed by atoms with Crippen LogP contribution in [0.4, 0.5) is 8.78 Å². The molecule has 0 saturated heterocycles. The molecule has 1 aromatic carbocycles. The molecule has 0 aliphatic heterocycles. The molecule has 170 valence electrons. The molecular formula is C27H36F2O2. The van der Waals surface area contributed by atoms with E-state index in [1.165, 1.54) is 5.56 Å². The lowest BCUT2D eigenvalue weighted by Crippen LogP contribution is -2.41. The van der Waals surface area contributed by atoms with Crippen molar-refractivity contribution in [1.82, 2.24) is 0 Å². The van der Waals surface area contributed by atoms with Gasteiger partial charge >= 0.3 is 5.97 Å². The monoisotopic (exact) mass is 430 g/mol. The van der Waals surface area contributed by atoms with Crippen molar-refractivity contribution in [2.75, 3.05) is 0 Å². The van der Waals surface area contributed by atoms with Crippen LogP contribution in [0.1, 0.15) is 69.8 Å². The molecule has 31 heavy (non-hydrogen) atoms. The zero-order valence-electron chi connectivity index (χ0n) is 18.5. The third-order valence-corrected chi connectivity index (χ3v) is 7.22. The van der Waals surface area contributed by atoms with E-state index in [1.54, 1.807) is 0 Å². The molecule has 0 radical (unpaired) electrons. The Balaban J connectivity index is 1.47. The predicted molar refractivity (Wildman–Crippen MR) is 121 cm³/mol. The third kappa shape index (κ3) is 6.51. The molecule has 2 aliphatic rings. The lowest BCUT2D eigenvalue weighted by atomic mass is 9.67. The molecule has 2 nitrogen and oxygen atoms in total. The summed E-state index contributed by atoms with van der Waals surface area (Å²) in [4.78, 5) is 12.6. The minimum Gasteiger partial charge on any atom is -0.426 e. The van der Waals surface area contributed by atoms with E-state index < -0.39 is 11.8 Å². The van der Waals surface area contributed by atoms with Crippen LogP contribution in [-0.4, -0.2) is 11.9 Å². The Morgan fingerprint density at radius 1 is 1.00 bits per heavy atom. The maximum Gasteiger partial charge on any atom is 0.314 e. The lowest BCUT2D eigenvalue weighted by molar-refractivity contribution is -0.143. The van der Waals surface area contributed by atoms with Gasteiger partial charge in [-0.25, -0.2) is 8.78 Å². The largest absolute Gasteiger partial charge is 0.426 e. The molecule has 2 aliphatic carbocycles. The Bertz CT molecular complexity index is 732. The first-order valence-electron chi connectivity index (χ1n) is 11.8. The number of allylic oxidation sites excluding steroid dienone is 2. The highest BCUT2D eigenvalue weighted by molar-refractivity contribution is 5.75. The Hall–Kier alpha value is -1.97. The van der Waals surface area contributed by atoms with Gasteiger partial charge in [-0.05, 0) is 93.7 Å². The second kappa shape index (κ2) is 11.1. The molecule has 0 spiro atoms. The van der Waals surface area contributed by atoms with Crippen LogP contribution in [0, 0.1) is 23.7 Å². The van der Waals surface area contributed by atoms with E-state index >= 15 is 0 Å². The highest BCUT2D eigenvalue weighted by Crippen LogP contribution is 2.50. The van der Waals surface area contributed by atoms with Gasteiger partial charge < -0.3 is 4.74 Å². The fourth-order valence-electron chi connectivity index (χ4n) is 5.39. The maximum absolute atomic E-state index is 14.9. The molecule has 2 atom stereocenters. The average molecular weight is 431 g/mol. The second-order valence-corrected chi connectivity index (χ2v) is 9.39. The number of benzene rings is 1. The molecule has 3 rings (SSSR count). The van der Waals surface area contributed by atoms with Crippen LogP contribution in [0.3, 0.4) is 0 Å². The molecule has 1 aromatic rings. The summed E-state index contributed by atoms with van der Waals surface area (Å²) in [6.07, 6.45) is 11.4. The van der Waals surface area contributed by atoms with Crippen LogP contribution in [0.25, 0.3) is 0 Å². The van der Waals surface area contributed by atoms with Crippen molar-refractivity contribution in [3.8, 4) is 5.75 Å². The maximum atomic E-state index is 14.9. The van der Waals surface area contributed by atoms with Crippen LogP contribution in [0.5, 0.6) is 5.75 Å². The molecule has 0 amide bonds. The first-order chi connectivity index (χ1) is 14.9. The number of hydrogen-bond donors (Lipinski definition) is 0. The summed E-state index contributed by atoms with van der Waals surface area (Å²) in [6.45, 7) is 7.43. The van der Waals surface area contributed by atoms with Crippen molar-refractivity contribution in [2.24, 2.45) is 23.7 Å². The van der Waals surface area contributed by atoms with E-state index in [2.05, 4.69) is 13.2 Å². The smallest absolute Gasteiger partial charge is 0.314 e. The van der Waals surface area contributed by atoms with Crippen molar-refractivity contribution < 1.29 is 18.3 Å². The van der Waals surface area contributed by atoms with E-state index in [1.807, 2.05) is 36.4 Å². The van der Waals surface area contributed by atoms with Crippen molar-refractivity contribution in [2.45, 2.75) is 76.6 Å². The zero-order valence-corrected chi connectivity index (χ0v) is 18.5. The minimum absolute atomic E-state index is 0.0102. The zero-order chi connectivity index (χ0) is 22.3. The van der Waals surface area contributed by atoms with Gasteiger partial charge in [0.15, 0.2) is 0 Å². The number of hydrogen-bond acceptors (Lipinski definition) is 2. The van der Waals surface area contributed by atoms with Gasteiger partial charge in [0.1, 0.15) is 5.75 Å². The number of alkyl halides is 2. The number of esters is 1. The van der Waals surface area contributed by atoms with Crippen LogP contribution in [-0.2, 0) is 11.2 Å². The molecule has 0 N–H and O–H groups in total. The number of aryl methyl sites for hydroxylation is 1. The molecule has 2 saturated carbocycles. The molecule has 0 bridgehead atoms. The van der Waals surface area contributed by atoms with Gasteiger partial charge in [0, 0.05) is 12.3 Å². The number of carbonyl (C=O) groups excluding carboxylic acids is 1.